The molecule has 0 fully saturated rings. The van der Waals surface area contributed by atoms with Crippen LogP contribution in [0.3, 0.4) is 0 Å². The van der Waals surface area contributed by atoms with Crippen molar-refractivity contribution >= 4 is 28.9 Å². The monoisotopic (exact) mass is 261 g/mol. The van der Waals surface area contributed by atoms with E-state index in [1.54, 1.807) is 12.1 Å². The highest BCUT2D eigenvalue weighted by Crippen LogP contribution is 2.25. The van der Waals surface area contributed by atoms with Gasteiger partial charge in [0.05, 0.1) is 16.1 Å². The number of alkyl halides is 1. The third-order valence-electron chi connectivity index (χ3n) is 2.47. The first-order valence-electron chi connectivity index (χ1n) is 4.90. The van der Waals surface area contributed by atoms with Crippen molar-refractivity contribution in [3.8, 4) is 0 Å². The molecule has 1 aliphatic heterocycles. The number of hydrogen-bond donors (Lipinski definition) is 0. The molecule has 0 aromatic heterocycles. The fraction of sp³-hybridized carbons (Fsp3) is 0.364. The zero-order valence-corrected chi connectivity index (χ0v) is 10.1. The van der Waals surface area contributed by atoms with Crippen molar-refractivity contribution in [2.45, 2.75) is 24.8 Å². The molecule has 1 heterocycles. The molecule has 0 radical (unpaired) electrons. The number of nitrogens with zero attached hydrogens (tertiary/aromatic N) is 1. The Morgan fingerprint density at radius 1 is 1.56 bits per heavy atom. The molecule has 2 unspecified atom stereocenters. The Bertz CT molecular complexity index is 434. The molecule has 0 amide bonds. The van der Waals surface area contributed by atoms with E-state index >= 15 is 0 Å². The summed E-state index contributed by atoms with van der Waals surface area (Å²) >= 11 is 11.6. The van der Waals surface area contributed by atoms with Gasteiger partial charge in [0.2, 0.25) is 0 Å². The molecular formula is C11H10Cl2FNO. The predicted octanol–water partition coefficient (Wildman–Crippen LogP) is 3.60. The standard InChI is InChI=1S/C11H10Cl2FNO/c1-6(12)10-5-9(15-16-10)7-3-2-4-8(13)11(7)14/h2-4,6,10H,5H2,1H3. The van der Waals surface area contributed by atoms with Gasteiger partial charge in [0.15, 0.2) is 5.82 Å². The number of oxime groups is 1. The van der Waals surface area contributed by atoms with Crippen LogP contribution in [0.2, 0.25) is 5.02 Å². The molecular weight excluding hydrogens is 252 g/mol. The molecule has 5 heteroatoms. The summed E-state index contributed by atoms with van der Waals surface area (Å²) in [4.78, 5) is 5.12. The van der Waals surface area contributed by atoms with Crippen LogP contribution in [0.25, 0.3) is 0 Å². The van der Waals surface area contributed by atoms with E-state index in [0.717, 1.165) is 0 Å². The number of hydrogen-bond acceptors (Lipinski definition) is 2. The first-order chi connectivity index (χ1) is 7.59. The van der Waals surface area contributed by atoms with E-state index < -0.39 is 5.82 Å². The topological polar surface area (TPSA) is 21.6 Å². The van der Waals surface area contributed by atoms with Crippen LogP contribution in [0.4, 0.5) is 4.39 Å². The highest BCUT2D eigenvalue weighted by atomic mass is 35.5. The fourth-order valence-electron chi connectivity index (χ4n) is 1.53. The van der Waals surface area contributed by atoms with Crippen LogP contribution in [0.1, 0.15) is 18.9 Å². The van der Waals surface area contributed by atoms with Gasteiger partial charge >= 0.3 is 0 Å². The molecule has 1 aliphatic rings. The third kappa shape index (κ3) is 2.15. The molecule has 1 aromatic rings. The van der Waals surface area contributed by atoms with Crippen molar-refractivity contribution in [1.29, 1.82) is 0 Å². The summed E-state index contributed by atoms with van der Waals surface area (Å²) in [6.07, 6.45) is 0.303. The molecule has 0 N–H and O–H groups in total. The molecule has 1 aromatic carbocycles. The largest absolute Gasteiger partial charge is 0.390 e. The van der Waals surface area contributed by atoms with Crippen molar-refractivity contribution < 1.29 is 9.23 Å². The third-order valence-corrected chi connectivity index (χ3v) is 3.04. The zero-order valence-electron chi connectivity index (χ0n) is 8.58. The normalized spacial score (nSPS) is 21.5. The van der Waals surface area contributed by atoms with Crippen LogP contribution in [-0.4, -0.2) is 17.2 Å². The van der Waals surface area contributed by atoms with Crippen molar-refractivity contribution in [3.05, 3.63) is 34.6 Å². The van der Waals surface area contributed by atoms with E-state index in [1.165, 1.54) is 6.07 Å². The minimum Gasteiger partial charge on any atom is -0.390 e. The lowest BCUT2D eigenvalue weighted by atomic mass is 10.0. The van der Waals surface area contributed by atoms with Crippen LogP contribution in [0.15, 0.2) is 23.4 Å². The lowest BCUT2D eigenvalue weighted by Crippen LogP contribution is -2.18. The molecule has 16 heavy (non-hydrogen) atoms. The second-order valence-electron chi connectivity index (χ2n) is 3.66. The molecule has 0 saturated heterocycles. The SMILES string of the molecule is CC(Cl)C1CC(c2cccc(Cl)c2F)=NO1. The van der Waals surface area contributed by atoms with Gasteiger partial charge in [-0.25, -0.2) is 4.39 Å². The molecule has 2 nitrogen and oxygen atoms in total. The summed E-state index contributed by atoms with van der Waals surface area (Å²) in [5.41, 5.74) is 0.935. The van der Waals surface area contributed by atoms with Crippen LogP contribution in [-0.2, 0) is 4.84 Å². The quantitative estimate of drug-likeness (QED) is 0.746. The molecule has 2 atom stereocenters. The van der Waals surface area contributed by atoms with Gasteiger partial charge < -0.3 is 4.84 Å². The van der Waals surface area contributed by atoms with Crippen LogP contribution >= 0.6 is 23.2 Å². The molecule has 86 valence electrons. The van der Waals surface area contributed by atoms with Gasteiger partial charge in [-0.1, -0.05) is 22.8 Å². The first-order valence-corrected chi connectivity index (χ1v) is 5.72. The molecule has 0 saturated carbocycles. The zero-order chi connectivity index (χ0) is 11.7. The van der Waals surface area contributed by atoms with Gasteiger partial charge in [-0.2, -0.15) is 0 Å². The molecule has 0 aliphatic carbocycles. The second-order valence-corrected chi connectivity index (χ2v) is 4.76. The highest BCUT2D eigenvalue weighted by Gasteiger charge is 2.27. The van der Waals surface area contributed by atoms with Crippen molar-refractivity contribution in [2.24, 2.45) is 5.16 Å². The van der Waals surface area contributed by atoms with Crippen molar-refractivity contribution in [3.63, 3.8) is 0 Å². The second kappa shape index (κ2) is 4.60. The maximum absolute atomic E-state index is 13.7. The highest BCUT2D eigenvalue weighted by molar-refractivity contribution is 6.31. The number of halogens is 3. The Balaban J connectivity index is 2.24. The lowest BCUT2D eigenvalue weighted by molar-refractivity contribution is 0.0855. The maximum atomic E-state index is 13.7. The summed E-state index contributed by atoms with van der Waals surface area (Å²) in [5, 5.41) is 3.77. The molecule has 0 spiro atoms. The van der Waals surface area contributed by atoms with Crippen LogP contribution in [0.5, 0.6) is 0 Å². The average Bonchev–Trinajstić information content (AvgIpc) is 2.71. The van der Waals surface area contributed by atoms with Crippen LogP contribution in [0, 0.1) is 5.82 Å². The Kier molecular flexibility index (Phi) is 3.36. The summed E-state index contributed by atoms with van der Waals surface area (Å²) in [7, 11) is 0. The Labute approximate surface area is 103 Å². The maximum Gasteiger partial charge on any atom is 0.150 e. The van der Waals surface area contributed by atoms with Gasteiger partial charge in [-0.15, -0.1) is 11.6 Å². The summed E-state index contributed by atoms with van der Waals surface area (Å²) in [6.45, 7) is 1.82. The van der Waals surface area contributed by atoms with E-state index in [9.17, 15) is 4.39 Å². The van der Waals surface area contributed by atoms with E-state index in [4.69, 9.17) is 28.0 Å². The van der Waals surface area contributed by atoms with Crippen LogP contribution < -0.4 is 0 Å². The summed E-state index contributed by atoms with van der Waals surface area (Å²) < 4.78 is 13.7. The fourth-order valence-corrected chi connectivity index (χ4v) is 1.84. The van der Waals surface area contributed by atoms with Gasteiger partial charge in [-0.05, 0) is 19.1 Å². The van der Waals surface area contributed by atoms with Gasteiger partial charge in [-0.3, -0.25) is 0 Å². The summed E-state index contributed by atoms with van der Waals surface area (Å²) in [5.74, 6) is -0.464. The smallest absolute Gasteiger partial charge is 0.150 e. The molecule has 0 bridgehead atoms. The van der Waals surface area contributed by atoms with Gasteiger partial charge in [0, 0.05) is 12.0 Å². The Morgan fingerprint density at radius 3 is 2.94 bits per heavy atom. The predicted molar refractivity (Wildman–Crippen MR) is 62.8 cm³/mol. The minimum absolute atomic E-state index is 0.0857. The number of benzene rings is 1. The molecule has 2 rings (SSSR count). The minimum atomic E-state index is -0.464. The number of rotatable bonds is 2. The van der Waals surface area contributed by atoms with Crippen molar-refractivity contribution in [2.75, 3.05) is 0 Å². The first kappa shape index (κ1) is 11.7. The van der Waals surface area contributed by atoms with Gasteiger partial charge in [0.25, 0.3) is 0 Å². The van der Waals surface area contributed by atoms with Crippen molar-refractivity contribution in [1.82, 2.24) is 0 Å². The van der Waals surface area contributed by atoms with E-state index in [0.29, 0.717) is 17.7 Å². The Morgan fingerprint density at radius 2 is 2.31 bits per heavy atom. The van der Waals surface area contributed by atoms with E-state index in [-0.39, 0.29) is 16.5 Å². The lowest BCUT2D eigenvalue weighted by Gasteiger charge is -2.09. The van der Waals surface area contributed by atoms with Gasteiger partial charge in [0.1, 0.15) is 6.10 Å². The van der Waals surface area contributed by atoms with E-state index in [2.05, 4.69) is 5.16 Å². The summed E-state index contributed by atoms with van der Waals surface area (Å²) in [6, 6.07) is 4.81. The van der Waals surface area contributed by atoms with E-state index in [1.807, 2.05) is 6.92 Å². The average molecular weight is 262 g/mol. The Hall–Kier alpha value is -0.800.